The maximum Gasteiger partial charge on any atom is 0.266 e. The Morgan fingerprint density at radius 3 is 2.81 bits per heavy atom. The molecule has 1 amide bonds. The molecule has 1 aromatic carbocycles. The van der Waals surface area contributed by atoms with Crippen LogP contribution < -0.4 is 10.9 Å². The number of fused-ring (bicyclic) bond motifs is 2. The first kappa shape index (κ1) is 17.4. The molecule has 0 saturated heterocycles. The van der Waals surface area contributed by atoms with E-state index < -0.39 is 0 Å². The lowest BCUT2D eigenvalue weighted by atomic mass is 9.96. The highest BCUT2D eigenvalue weighted by molar-refractivity contribution is 6.07. The molecule has 2 heterocycles. The number of para-hydroxylation sites is 1. The van der Waals surface area contributed by atoms with Crippen LogP contribution in [0.5, 0.6) is 0 Å². The number of nitrogens with zero attached hydrogens (tertiary/aromatic N) is 3. The average molecular weight is 362 g/mol. The Kier molecular flexibility index (Phi) is 4.96. The summed E-state index contributed by atoms with van der Waals surface area (Å²) in [5.74, 6) is -0.101. The number of hydrogen-bond donors (Lipinski definition) is 1. The third-order valence-electron chi connectivity index (χ3n) is 5.04. The average Bonchev–Trinajstić information content (AvgIpc) is 2.92. The van der Waals surface area contributed by atoms with E-state index in [1.807, 2.05) is 24.3 Å². The fourth-order valence-electron chi connectivity index (χ4n) is 3.73. The molecule has 27 heavy (non-hydrogen) atoms. The minimum atomic E-state index is -0.171. The van der Waals surface area contributed by atoms with Crippen molar-refractivity contribution in [2.75, 3.05) is 6.54 Å². The monoisotopic (exact) mass is 362 g/mol. The van der Waals surface area contributed by atoms with E-state index in [0.29, 0.717) is 13.1 Å². The molecule has 0 spiro atoms. The quantitative estimate of drug-likeness (QED) is 0.724. The third kappa shape index (κ3) is 3.60. The zero-order chi connectivity index (χ0) is 18.6. The summed E-state index contributed by atoms with van der Waals surface area (Å²) in [5, 5.41) is 7.89. The molecule has 0 atom stereocenters. The molecule has 2 aromatic heterocycles. The fourth-order valence-corrected chi connectivity index (χ4v) is 3.73. The van der Waals surface area contributed by atoms with Crippen LogP contribution in [-0.4, -0.2) is 27.2 Å². The second-order valence-corrected chi connectivity index (χ2v) is 6.83. The standard InChI is InChI=1S/C21H22N4O2/c26-19-11-6-12-23-25(19)14-13-22-21(27)20-15-7-2-1-3-9-17(15)24-18-10-5-4-8-16(18)20/h4-6,8,10-12H,1-3,7,9,13-14H2,(H,22,27). The molecule has 4 rings (SSSR count). The molecule has 0 unspecified atom stereocenters. The molecule has 0 bridgehead atoms. The zero-order valence-corrected chi connectivity index (χ0v) is 15.1. The van der Waals surface area contributed by atoms with E-state index >= 15 is 0 Å². The Morgan fingerprint density at radius 1 is 1.07 bits per heavy atom. The lowest BCUT2D eigenvalue weighted by Crippen LogP contribution is -2.32. The van der Waals surface area contributed by atoms with E-state index in [2.05, 4.69) is 10.4 Å². The molecular formula is C21H22N4O2. The molecule has 0 fully saturated rings. The smallest absolute Gasteiger partial charge is 0.266 e. The molecular weight excluding hydrogens is 340 g/mol. The molecule has 138 valence electrons. The van der Waals surface area contributed by atoms with Gasteiger partial charge in [-0.15, -0.1) is 0 Å². The van der Waals surface area contributed by atoms with Gasteiger partial charge in [0.1, 0.15) is 0 Å². The zero-order valence-electron chi connectivity index (χ0n) is 15.1. The summed E-state index contributed by atoms with van der Waals surface area (Å²) in [6.07, 6.45) is 6.73. The van der Waals surface area contributed by atoms with Gasteiger partial charge in [-0.05, 0) is 43.4 Å². The summed E-state index contributed by atoms with van der Waals surface area (Å²) in [6, 6.07) is 10.9. The summed E-state index contributed by atoms with van der Waals surface area (Å²) < 4.78 is 1.35. The molecule has 1 N–H and O–H groups in total. The first-order chi connectivity index (χ1) is 13.2. The number of carbonyl (C=O) groups is 1. The molecule has 0 radical (unpaired) electrons. The number of rotatable bonds is 4. The van der Waals surface area contributed by atoms with E-state index in [4.69, 9.17) is 4.98 Å². The third-order valence-corrected chi connectivity index (χ3v) is 5.04. The van der Waals surface area contributed by atoms with Crippen LogP contribution in [-0.2, 0) is 19.4 Å². The molecule has 1 aliphatic carbocycles. The van der Waals surface area contributed by atoms with Crippen molar-refractivity contribution in [2.24, 2.45) is 0 Å². The Bertz CT molecular complexity index is 1040. The number of nitrogens with one attached hydrogen (secondary N) is 1. The van der Waals surface area contributed by atoms with Gasteiger partial charge in [-0.2, -0.15) is 5.10 Å². The number of aryl methyl sites for hydroxylation is 1. The van der Waals surface area contributed by atoms with Crippen LogP contribution in [0.3, 0.4) is 0 Å². The van der Waals surface area contributed by atoms with Crippen LogP contribution >= 0.6 is 0 Å². The van der Waals surface area contributed by atoms with Crippen molar-refractivity contribution in [3.63, 3.8) is 0 Å². The van der Waals surface area contributed by atoms with E-state index in [9.17, 15) is 9.59 Å². The van der Waals surface area contributed by atoms with Crippen LogP contribution in [0, 0.1) is 0 Å². The predicted molar refractivity (Wildman–Crippen MR) is 104 cm³/mol. The highest BCUT2D eigenvalue weighted by Gasteiger charge is 2.21. The van der Waals surface area contributed by atoms with Gasteiger partial charge in [0.25, 0.3) is 11.5 Å². The normalized spacial score (nSPS) is 13.8. The van der Waals surface area contributed by atoms with Crippen molar-refractivity contribution in [2.45, 2.75) is 38.6 Å². The summed E-state index contributed by atoms with van der Waals surface area (Å²) in [4.78, 5) is 29.6. The second kappa shape index (κ2) is 7.70. The minimum Gasteiger partial charge on any atom is -0.350 e. The summed E-state index contributed by atoms with van der Waals surface area (Å²) in [7, 11) is 0. The van der Waals surface area contributed by atoms with Gasteiger partial charge in [-0.3, -0.25) is 14.6 Å². The van der Waals surface area contributed by atoms with Gasteiger partial charge in [-0.25, -0.2) is 4.68 Å². The van der Waals surface area contributed by atoms with Gasteiger partial charge < -0.3 is 5.32 Å². The lowest BCUT2D eigenvalue weighted by Gasteiger charge is -2.15. The first-order valence-corrected chi connectivity index (χ1v) is 9.45. The number of amides is 1. The van der Waals surface area contributed by atoms with Crippen LogP contribution in [0.1, 0.15) is 40.9 Å². The Labute approximate surface area is 157 Å². The van der Waals surface area contributed by atoms with E-state index in [1.54, 1.807) is 12.3 Å². The van der Waals surface area contributed by atoms with E-state index in [-0.39, 0.29) is 11.5 Å². The van der Waals surface area contributed by atoms with Crippen molar-refractivity contribution >= 4 is 16.8 Å². The lowest BCUT2D eigenvalue weighted by molar-refractivity contribution is 0.0952. The van der Waals surface area contributed by atoms with Gasteiger partial charge in [0.15, 0.2) is 0 Å². The van der Waals surface area contributed by atoms with Crippen molar-refractivity contribution < 1.29 is 4.79 Å². The number of hydrogen-bond acceptors (Lipinski definition) is 4. The highest BCUT2D eigenvalue weighted by atomic mass is 16.2. The minimum absolute atomic E-state index is 0.101. The van der Waals surface area contributed by atoms with Gasteiger partial charge in [0, 0.05) is 29.9 Å². The topological polar surface area (TPSA) is 76.9 Å². The molecule has 6 nitrogen and oxygen atoms in total. The number of benzene rings is 1. The second-order valence-electron chi connectivity index (χ2n) is 6.83. The Balaban J connectivity index is 1.63. The Hall–Kier alpha value is -3.02. The maximum atomic E-state index is 13.1. The molecule has 0 saturated carbocycles. The first-order valence-electron chi connectivity index (χ1n) is 9.45. The predicted octanol–water partition coefficient (Wildman–Crippen LogP) is 2.49. The SMILES string of the molecule is O=C(NCCn1ncccc1=O)c1c2c(nc3ccccc13)CCCCC2. The van der Waals surface area contributed by atoms with Crippen LogP contribution in [0.2, 0.25) is 0 Å². The van der Waals surface area contributed by atoms with E-state index in [1.165, 1.54) is 10.7 Å². The van der Waals surface area contributed by atoms with Gasteiger partial charge >= 0.3 is 0 Å². The fraction of sp³-hybridized carbons (Fsp3) is 0.333. The molecule has 1 aliphatic rings. The number of aromatic nitrogens is 3. The summed E-state index contributed by atoms with van der Waals surface area (Å²) in [6.45, 7) is 0.692. The molecule has 6 heteroatoms. The van der Waals surface area contributed by atoms with Crippen LogP contribution in [0.15, 0.2) is 47.4 Å². The number of pyridine rings is 1. The number of carbonyl (C=O) groups excluding carboxylic acids is 1. The van der Waals surface area contributed by atoms with Crippen molar-refractivity contribution in [3.05, 3.63) is 69.8 Å². The maximum absolute atomic E-state index is 13.1. The van der Waals surface area contributed by atoms with Crippen LogP contribution in [0.25, 0.3) is 10.9 Å². The molecule has 3 aromatic rings. The Morgan fingerprint density at radius 2 is 1.93 bits per heavy atom. The summed E-state index contributed by atoms with van der Waals surface area (Å²) >= 11 is 0. The van der Waals surface area contributed by atoms with Gasteiger partial charge in [0.2, 0.25) is 0 Å². The van der Waals surface area contributed by atoms with Crippen molar-refractivity contribution in [3.8, 4) is 0 Å². The van der Waals surface area contributed by atoms with Gasteiger partial charge in [0.05, 0.1) is 17.6 Å². The molecule has 0 aliphatic heterocycles. The van der Waals surface area contributed by atoms with E-state index in [0.717, 1.165) is 59.8 Å². The van der Waals surface area contributed by atoms with Crippen LogP contribution in [0.4, 0.5) is 0 Å². The summed E-state index contributed by atoms with van der Waals surface area (Å²) in [5.41, 5.74) is 3.57. The largest absolute Gasteiger partial charge is 0.350 e. The highest BCUT2D eigenvalue weighted by Crippen LogP contribution is 2.28. The van der Waals surface area contributed by atoms with Crippen molar-refractivity contribution in [1.29, 1.82) is 0 Å². The van der Waals surface area contributed by atoms with Gasteiger partial charge in [-0.1, -0.05) is 24.6 Å². The van der Waals surface area contributed by atoms with Crippen molar-refractivity contribution in [1.82, 2.24) is 20.1 Å².